The molecular formula is C13H28N4. The van der Waals surface area contributed by atoms with Crippen LogP contribution >= 0.6 is 0 Å². The average molecular weight is 240 g/mol. The van der Waals surface area contributed by atoms with E-state index in [9.17, 15) is 0 Å². The minimum absolute atomic E-state index is 0.612. The van der Waals surface area contributed by atoms with Gasteiger partial charge in [-0.25, -0.2) is 0 Å². The number of nitrogens with one attached hydrogen (secondary N) is 1. The summed E-state index contributed by atoms with van der Waals surface area (Å²) in [6.07, 6.45) is 6.55. The summed E-state index contributed by atoms with van der Waals surface area (Å²) in [4.78, 5) is 6.70. The molecule has 0 atom stereocenters. The Labute approximate surface area is 106 Å². The predicted octanol–water partition coefficient (Wildman–Crippen LogP) is 1.42. The Kier molecular flexibility index (Phi) is 7.01. The van der Waals surface area contributed by atoms with Gasteiger partial charge in [-0.2, -0.15) is 0 Å². The number of nitrogens with zero attached hydrogens (tertiary/aromatic N) is 2. The first-order valence-corrected chi connectivity index (χ1v) is 6.94. The molecule has 0 unspecified atom stereocenters. The highest BCUT2D eigenvalue weighted by Gasteiger charge is 2.16. The highest BCUT2D eigenvalue weighted by molar-refractivity contribution is 5.77. The van der Waals surface area contributed by atoms with Crippen LogP contribution in [0.5, 0.6) is 0 Å². The molecule has 1 fully saturated rings. The number of nitrogens with two attached hydrogens (primary N) is 1. The van der Waals surface area contributed by atoms with Gasteiger partial charge < -0.3 is 16.0 Å². The zero-order chi connectivity index (χ0) is 12.5. The molecule has 1 rings (SSSR count). The summed E-state index contributed by atoms with van der Waals surface area (Å²) in [5.74, 6) is 1.41. The summed E-state index contributed by atoms with van der Waals surface area (Å²) < 4.78 is 0. The SMILES string of the molecule is CCCCN(C)CCNC(N)=NCC1CCC1. The van der Waals surface area contributed by atoms with E-state index < -0.39 is 0 Å². The van der Waals surface area contributed by atoms with Crippen LogP contribution < -0.4 is 11.1 Å². The van der Waals surface area contributed by atoms with Crippen molar-refractivity contribution in [3.8, 4) is 0 Å². The first-order chi connectivity index (χ1) is 8.22. The summed E-state index contributed by atoms with van der Waals surface area (Å²) in [6.45, 7) is 6.21. The van der Waals surface area contributed by atoms with Gasteiger partial charge in [-0.05, 0) is 38.8 Å². The number of hydrogen-bond donors (Lipinski definition) is 2. The van der Waals surface area contributed by atoms with E-state index in [1.807, 2.05) is 0 Å². The number of rotatable bonds is 8. The number of unbranched alkanes of at least 4 members (excludes halogenated alkanes) is 1. The lowest BCUT2D eigenvalue weighted by Crippen LogP contribution is -2.38. The fourth-order valence-electron chi connectivity index (χ4n) is 1.87. The van der Waals surface area contributed by atoms with Gasteiger partial charge in [0.25, 0.3) is 0 Å². The van der Waals surface area contributed by atoms with E-state index in [2.05, 4.69) is 29.2 Å². The third kappa shape index (κ3) is 6.51. The quantitative estimate of drug-likeness (QED) is 0.498. The van der Waals surface area contributed by atoms with Crippen molar-refractivity contribution in [2.45, 2.75) is 39.0 Å². The maximum Gasteiger partial charge on any atom is 0.188 e. The second kappa shape index (κ2) is 8.34. The van der Waals surface area contributed by atoms with Crippen LogP contribution in [-0.2, 0) is 0 Å². The van der Waals surface area contributed by atoms with Crippen molar-refractivity contribution >= 4 is 5.96 Å². The average Bonchev–Trinajstić information content (AvgIpc) is 2.24. The Morgan fingerprint density at radius 3 is 2.76 bits per heavy atom. The highest BCUT2D eigenvalue weighted by Crippen LogP contribution is 2.26. The standard InChI is InChI=1S/C13H28N4/c1-3-4-9-17(2)10-8-15-13(14)16-11-12-6-5-7-12/h12H,3-11H2,1-2H3,(H3,14,15,16). The van der Waals surface area contributed by atoms with Crippen molar-refractivity contribution in [2.24, 2.45) is 16.6 Å². The Morgan fingerprint density at radius 2 is 2.18 bits per heavy atom. The van der Waals surface area contributed by atoms with Crippen LogP contribution in [0.1, 0.15) is 39.0 Å². The van der Waals surface area contributed by atoms with Crippen LogP contribution in [0.2, 0.25) is 0 Å². The molecule has 0 radical (unpaired) electrons. The first-order valence-electron chi connectivity index (χ1n) is 6.94. The number of likely N-dealkylation sites (N-methyl/N-ethyl adjacent to an activating group) is 1. The van der Waals surface area contributed by atoms with Gasteiger partial charge in [-0.3, -0.25) is 4.99 Å². The summed E-state index contributed by atoms with van der Waals surface area (Å²) in [5, 5.41) is 3.18. The van der Waals surface area contributed by atoms with Gasteiger partial charge in [0.15, 0.2) is 5.96 Å². The van der Waals surface area contributed by atoms with Gasteiger partial charge in [-0.1, -0.05) is 19.8 Å². The second-order valence-electron chi connectivity index (χ2n) is 5.11. The largest absolute Gasteiger partial charge is 0.370 e. The van der Waals surface area contributed by atoms with Crippen molar-refractivity contribution in [3.05, 3.63) is 0 Å². The molecular weight excluding hydrogens is 212 g/mol. The molecule has 1 aliphatic rings. The highest BCUT2D eigenvalue weighted by atomic mass is 15.1. The molecule has 0 aromatic rings. The summed E-state index contributed by atoms with van der Waals surface area (Å²) >= 11 is 0. The summed E-state index contributed by atoms with van der Waals surface area (Å²) in [7, 11) is 2.15. The van der Waals surface area contributed by atoms with Crippen LogP contribution in [0, 0.1) is 5.92 Å². The van der Waals surface area contributed by atoms with Crippen LogP contribution in [0.3, 0.4) is 0 Å². The lowest BCUT2D eigenvalue weighted by atomic mass is 9.86. The van der Waals surface area contributed by atoms with Crippen molar-refractivity contribution in [1.29, 1.82) is 0 Å². The van der Waals surface area contributed by atoms with Crippen molar-refractivity contribution in [1.82, 2.24) is 10.2 Å². The van der Waals surface area contributed by atoms with Crippen LogP contribution in [0.15, 0.2) is 4.99 Å². The third-order valence-electron chi connectivity index (χ3n) is 3.44. The molecule has 0 amide bonds. The number of aliphatic imine (C=N–C) groups is 1. The van der Waals surface area contributed by atoms with Gasteiger partial charge in [0.1, 0.15) is 0 Å². The van der Waals surface area contributed by atoms with E-state index in [1.54, 1.807) is 0 Å². The van der Waals surface area contributed by atoms with E-state index in [0.717, 1.165) is 32.1 Å². The van der Waals surface area contributed by atoms with E-state index >= 15 is 0 Å². The number of hydrogen-bond acceptors (Lipinski definition) is 2. The molecule has 4 nitrogen and oxygen atoms in total. The minimum Gasteiger partial charge on any atom is -0.370 e. The molecule has 0 saturated heterocycles. The smallest absolute Gasteiger partial charge is 0.188 e. The second-order valence-corrected chi connectivity index (χ2v) is 5.11. The molecule has 0 aromatic carbocycles. The van der Waals surface area contributed by atoms with Gasteiger partial charge in [0.05, 0.1) is 0 Å². The molecule has 0 spiro atoms. The van der Waals surface area contributed by atoms with Crippen LogP contribution in [0.25, 0.3) is 0 Å². The Balaban J connectivity index is 2.00. The molecule has 1 saturated carbocycles. The zero-order valence-corrected chi connectivity index (χ0v) is 11.4. The molecule has 0 aliphatic heterocycles. The summed E-state index contributed by atoms with van der Waals surface area (Å²) in [5.41, 5.74) is 5.81. The van der Waals surface area contributed by atoms with Crippen LogP contribution in [-0.4, -0.2) is 44.1 Å². The van der Waals surface area contributed by atoms with E-state index in [1.165, 1.54) is 32.1 Å². The maximum atomic E-state index is 5.81. The van der Waals surface area contributed by atoms with Gasteiger partial charge in [0.2, 0.25) is 0 Å². The topological polar surface area (TPSA) is 53.6 Å². The van der Waals surface area contributed by atoms with Crippen molar-refractivity contribution in [2.75, 3.05) is 33.2 Å². The lowest BCUT2D eigenvalue weighted by molar-refractivity contribution is 0.324. The van der Waals surface area contributed by atoms with Crippen molar-refractivity contribution in [3.63, 3.8) is 0 Å². The molecule has 0 heterocycles. The molecule has 1 aliphatic carbocycles. The fraction of sp³-hybridized carbons (Fsp3) is 0.923. The molecule has 0 bridgehead atoms. The predicted molar refractivity (Wildman–Crippen MR) is 74.2 cm³/mol. The number of guanidine groups is 1. The monoisotopic (exact) mass is 240 g/mol. The Bertz CT molecular complexity index is 223. The lowest BCUT2D eigenvalue weighted by Gasteiger charge is -2.23. The first kappa shape index (κ1) is 14.3. The van der Waals surface area contributed by atoms with Crippen molar-refractivity contribution < 1.29 is 0 Å². The molecule has 100 valence electrons. The molecule has 0 aromatic heterocycles. The fourth-order valence-corrected chi connectivity index (χ4v) is 1.87. The van der Waals surface area contributed by atoms with E-state index in [-0.39, 0.29) is 0 Å². The van der Waals surface area contributed by atoms with Gasteiger partial charge in [-0.15, -0.1) is 0 Å². The Morgan fingerprint density at radius 1 is 1.41 bits per heavy atom. The summed E-state index contributed by atoms with van der Waals surface area (Å²) in [6, 6.07) is 0. The zero-order valence-electron chi connectivity index (χ0n) is 11.4. The Hall–Kier alpha value is -0.770. The molecule has 17 heavy (non-hydrogen) atoms. The maximum absolute atomic E-state index is 5.81. The minimum atomic E-state index is 0.612. The van der Waals surface area contributed by atoms with E-state index in [0.29, 0.717) is 5.96 Å². The van der Waals surface area contributed by atoms with Crippen LogP contribution in [0.4, 0.5) is 0 Å². The van der Waals surface area contributed by atoms with E-state index in [4.69, 9.17) is 5.73 Å². The molecule has 4 heteroatoms. The van der Waals surface area contributed by atoms with Gasteiger partial charge >= 0.3 is 0 Å². The third-order valence-corrected chi connectivity index (χ3v) is 3.44. The normalized spacial score (nSPS) is 17.2. The molecule has 3 N–H and O–H groups in total. The van der Waals surface area contributed by atoms with Gasteiger partial charge in [0, 0.05) is 19.6 Å².